The molecule has 16 heteroatoms. The summed E-state index contributed by atoms with van der Waals surface area (Å²) < 4.78 is 42.8. The molecule has 4 heterocycles. The molecule has 2 aromatic heterocycles. The lowest BCUT2D eigenvalue weighted by molar-refractivity contribution is 0.0587. The van der Waals surface area contributed by atoms with Gasteiger partial charge in [0, 0.05) is 26.2 Å². The van der Waals surface area contributed by atoms with Crippen LogP contribution < -0.4 is 15.5 Å². The lowest BCUT2D eigenvalue weighted by atomic mass is 10.3. The van der Waals surface area contributed by atoms with Crippen molar-refractivity contribution < 1.29 is 32.6 Å². The molecule has 0 radical (unpaired) electrons. The van der Waals surface area contributed by atoms with E-state index in [2.05, 4.69) is 24.7 Å². The van der Waals surface area contributed by atoms with E-state index < -0.39 is 34.9 Å². The zero-order valence-electron chi connectivity index (χ0n) is 18.5. The van der Waals surface area contributed by atoms with E-state index in [0.29, 0.717) is 52.6 Å². The van der Waals surface area contributed by atoms with Crippen molar-refractivity contribution in [2.24, 2.45) is 5.73 Å². The van der Waals surface area contributed by atoms with Crippen LogP contribution in [0.5, 0.6) is 0 Å². The zero-order chi connectivity index (χ0) is 25.5. The standard InChI is InChI=1S/C10H11ClFN3O3.C9H10ClFN4O2.2CH4/c1-17-9(16)7-6(12)8(14-10(11)13-7)15-2-4-18-5-3-15;10-9-13-6(7(12)16)5(11)8(14-9)15-1-3-17-4-2-15;;/h2-5H2,1H3;1-4H2,(H2,12,16);2*1H4. The van der Waals surface area contributed by atoms with E-state index in [4.69, 9.17) is 38.4 Å². The molecule has 206 valence electrons. The van der Waals surface area contributed by atoms with E-state index in [0.717, 1.165) is 7.11 Å². The Kier molecular flexibility index (Phi) is 12.8. The molecule has 37 heavy (non-hydrogen) atoms. The fraction of sp³-hybridized carbons (Fsp3) is 0.524. The van der Waals surface area contributed by atoms with Crippen LogP contribution >= 0.6 is 23.2 Å². The second-order valence-corrected chi connectivity index (χ2v) is 7.69. The van der Waals surface area contributed by atoms with Crippen molar-refractivity contribution in [2.75, 3.05) is 69.5 Å². The maximum atomic E-state index is 14.1. The molecule has 0 aliphatic carbocycles. The highest BCUT2D eigenvalue weighted by atomic mass is 35.5. The minimum atomic E-state index is -0.971. The first-order chi connectivity index (χ1) is 16.7. The minimum Gasteiger partial charge on any atom is -0.464 e. The third-order valence-electron chi connectivity index (χ3n) is 4.85. The topological polar surface area (TPSA) is 146 Å². The second-order valence-electron chi connectivity index (χ2n) is 7.01. The molecule has 2 aliphatic heterocycles. The van der Waals surface area contributed by atoms with Gasteiger partial charge in [-0.2, -0.15) is 9.97 Å². The van der Waals surface area contributed by atoms with Gasteiger partial charge in [0.2, 0.25) is 10.6 Å². The number of nitrogens with zero attached hydrogens (tertiary/aromatic N) is 6. The van der Waals surface area contributed by atoms with E-state index >= 15 is 0 Å². The molecule has 4 rings (SSSR count). The van der Waals surface area contributed by atoms with Crippen molar-refractivity contribution in [3.8, 4) is 0 Å². The van der Waals surface area contributed by atoms with Crippen LogP contribution in [0, 0.1) is 11.6 Å². The largest absolute Gasteiger partial charge is 0.464 e. The number of aromatic nitrogens is 4. The molecule has 0 saturated carbocycles. The van der Waals surface area contributed by atoms with Gasteiger partial charge in [0.15, 0.2) is 34.7 Å². The highest BCUT2D eigenvalue weighted by molar-refractivity contribution is 6.28. The highest BCUT2D eigenvalue weighted by Crippen LogP contribution is 2.23. The fourth-order valence-corrected chi connectivity index (χ4v) is 3.51. The summed E-state index contributed by atoms with van der Waals surface area (Å²) in [4.78, 5) is 40.3. The average Bonchev–Trinajstić information content (AvgIpc) is 2.87. The number of nitrogens with two attached hydrogens (primary N) is 1. The number of carbonyl (C=O) groups excluding carboxylic acids is 2. The van der Waals surface area contributed by atoms with Crippen LogP contribution in [-0.2, 0) is 14.2 Å². The van der Waals surface area contributed by atoms with E-state index in [9.17, 15) is 18.4 Å². The lowest BCUT2D eigenvalue weighted by Gasteiger charge is -2.28. The Morgan fingerprint density at radius 3 is 1.57 bits per heavy atom. The first kappa shape index (κ1) is 32.1. The van der Waals surface area contributed by atoms with Crippen LogP contribution in [0.25, 0.3) is 0 Å². The second kappa shape index (κ2) is 14.7. The lowest BCUT2D eigenvalue weighted by Crippen LogP contribution is -2.38. The van der Waals surface area contributed by atoms with Crippen molar-refractivity contribution in [2.45, 2.75) is 14.9 Å². The van der Waals surface area contributed by atoms with Crippen molar-refractivity contribution in [1.82, 2.24) is 19.9 Å². The summed E-state index contributed by atoms with van der Waals surface area (Å²) in [6, 6.07) is 0. The Hall–Kier alpha value is -2.94. The summed E-state index contributed by atoms with van der Waals surface area (Å²) in [6.07, 6.45) is 0. The van der Waals surface area contributed by atoms with Crippen LogP contribution in [0.4, 0.5) is 20.4 Å². The van der Waals surface area contributed by atoms with Crippen LogP contribution in [0.1, 0.15) is 35.8 Å². The number of anilines is 2. The molecular weight excluding hydrogens is 539 g/mol. The SMILES string of the molecule is C.C.COC(=O)c1nc(Cl)nc(N2CCOCC2)c1F.NC(=O)c1nc(Cl)nc(N2CCOCC2)c1F. The predicted molar refractivity (Wildman–Crippen MR) is 133 cm³/mol. The molecule has 2 aliphatic rings. The number of carbonyl (C=O) groups is 2. The summed E-state index contributed by atoms with van der Waals surface area (Å²) in [7, 11) is 1.15. The van der Waals surface area contributed by atoms with Crippen LogP contribution in [0.3, 0.4) is 0 Å². The molecule has 0 bridgehead atoms. The van der Waals surface area contributed by atoms with Gasteiger partial charge >= 0.3 is 5.97 Å². The number of methoxy groups -OCH3 is 1. The number of rotatable bonds is 4. The van der Waals surface area contributed by atoms with Crippen LogP contribution in [-0.4, -0.2) is 91.5 Å². The summed E-state index contributed by atoms with van der Waals surface area (Å²) >= 11 is 11.3. The Morgan fingerprint density at radius 2 is 1.19 bits per heavy atom. The molecule has 2 fully saturated rings. The van der Waals surface area contributed by atoms with Gasteiger partial charge < -0.3 is 29.7 Å². The normalized spacial score (nSPS) is 14.9. The number of hydrogen-bond donors (Lipinski definition) is 1. The first-order valence-electron chi connectivity index (χ1n) is 10.2. The van der Waals surface area contributed by atoms with Gasteiger partial charge in [-0.05, 0) is 23.2 Å². The molecule has 2 aromatic rings. The highest BCUT2D eigenvalue weighted by Gasteiger charge is 2.25. The maximum absolute atomic E-state index is 14.1. The van der Waals surface area contributed by atoms with Crippen molar-refractivity contribution in [1.29, 1.82) is 0 Å². The van der Waals surface area contributed by atoms with Gasteiger partial charge in [-0.3, -0.25) is 4.79 Å². The van der Waals surface area contributed by atoms with Crippen molar-refractivity contribution >= 4 is 46.7 Å². The quantitative estimate of drug-likeness (QED) is 0.429. The Morgan fingerprint density at radius 1 is 0.811 bits per heavy atom. The number of halogens is 4. The molecule has 12 nitrogen and oxygen atoms in total. The smallest absolute Gasteiger partial charge is 0.360 e. The number of primary amides is 1. The van der Waals surface area contributed by atoms with Crippen molar-refractivity contribution in [3.05, 3.63) is 33.6 Å². The van der Waals surface area contributed by atoms with E-state index in [1.807, 2.05) is 0 Å². The van der Waals surface area contributed by atoms with E-state index in [1.54, 1.807) is 9.80 Å². The molecule has 0 unspecified atom stereocenters. The van der Waals surface area contributed by atoms with Gasteiger partial charge in [0.1, 0.15) is 0 Å². The van der Waals surface area contributed by atoms with Gasteiger partial charge in [-0.15, -0.1) is 0 Å². The number of ether oxygens (including phenoxy) is 3. The zero-order valence-corrected chi connectivity index (χ0v) is 20.0. The summed E-state index contributed by atoms with van der Waals surface area (Å²) in [6.45, 7) is 3.77. The number of amides is 1. The Balaban J connectivity index is 0.000000351. The van der Waals surface area contributed by atoms with Gasteiger partial charge in [-0.1, -0.05) is 14.9 Å². The van der Waals surface area contributed by atoms with E-state index in [-0.39, 0.29) is 37.1 Å². The predicted octanol–water partition coefficient (Wildman–Crippen LogP) is 2.37. The molecular formula is C21H29Cl2F2N7O5. The Labute approximate surface area is 223 Å². The third kappa shape index (κ3) is 8.02. The van der Waals surface area contributed by atoms with Crippen molar-refractivity contribution in [3.63, 3.8) is 0 Å². The summed E-state index contributed by atoms with van der Waals surface area (Å²) in [5.41, 5.74) is 4.06. The molecule has 0 spiro atoms. The van der Waals surface area contributed by atoms with Gasteiger partial charge in [-0.25, -0.2) is 23.5 Å². The van der Waals surface area contributed by atoms with Crippen LogP contribution in [0.2, 0.25) is 10.6 Å². The summed E-state index contributed by atoms with van der Waals surface area (Å²) in [5, 5.41) is -0.403. The molecule has 2 saturated heterocycles. The molecule has 2 N–H and O–H groups in total. The number of morpholine rings is 2. The Bertz CT molecular complexity index is 1090. The minimum absolute atomic E-state index is 0. The number of hydrogen-bond acceptors (Lipinski definition) is 11. The first-order valence-corrected chi connectivity index (χ1v) is 11.0. The molecule has 0 aromatic carbocycles. The maximum Gasteiger partial charge on any atom is 0.360 e. The van der Waals surface area contributed by atoms with Gasteiger partial charge in [0.25, 0.3) is 5.91 Å². The molecule has 1 amide bonds. The monoisotopic (exact) mass is 567 g/mol. The summed E-state index contributed by atoms with van der Waals surface area (Å²) in [5.74, 6) is -3.54. The van der Waals surface area contributed by atoms with E-state index in [1.165, 1.54) is 0 Å². The number of esters is 1. The fourth-order valence-electron chi connectivity index (χ4n) is 3.18. The van der Waals surface area contributed by atoms with Gasteiger partial charge in [0.05, 0.1) is 33.5 Å². The average molecular weight is 568 g/mol. The molecule has 0 atom stereocenters. The van der Waals surface area contributed by atoms with Crippen LogP contribution in [0.15, 0.2) is 0 Å². The third-order valence-corrected chi connectivity index (χ3v) is 5.18.